The molecule has 0 radical (unpaired) electrons. The second kappa shape index (κ2) is 9.67. The summed E-state index contributed by atoms with van der Waals surface area (Å²) in [5.41, 5.74) is 3.73. The fourth-order valence-corrected chi connectivity index (χ4v) is 3.24. The third-order valence-electron chi connectivity index (χ3n) is 5.23. The minimum atomic E-state index is -0.595. The number of ether oxygens (including phenoxy) is 1. The van der Waals surface area contributed by atoms with Gasteiger partial charge in [-0.2, -0.15) is 5.26 Å². The van der Waals surface area contributed by atoms with E-state index in [4.69, 9.17) is 4.74 Å². The first kappa shape index (κ1) is 21.0. The molecule has 3 aromatic rings. The van der Waals surface area contributed by atoms with Crippen LogP contribution in [0.2, 0.25) is 0 Å². The van der Waals surface area contributed by atoms with E-state index in [0.717, 1.165) is 6.42 Å². The number of esters is 1. The molecule has 150 valence electrons. The predicted molar refractivity (Wildman–Crippen MR) is 116 cm³/mol. The summed E-state index contributed by atoms with van der Waals surface area (Å²) in [6, 6.07) is 23.6. The molecule has 0 spiro atoms. The molecule has 0 aliphatic carbocycles. The second-order valence-corrected chi connectivity index (χ2v) is 7.13. The van der Waals surface area contributed by atoms with Gasteiger partial charge in [-0.15, -0.1) is 0 Å². The lowest BCUT2D eigenvalue weighted by molar-refractivity contribution is 0.0475. The number of rotatable bonds is 7. The first-order valence-electron chi connectivity index (χ1n) is 9.94. The van der Waals surface area contributed by atoms with Crippen LogP contribution in [0.1, 0.15) is 58.0 Å². The summed E-state index contributed by atoms with van der Waals surface area (Å²) >= 11 is 0. The second-order valence-electron chi connectivity index (χ2n) is 7.13. The van der Waals surface area contributed by atoms with Gasteiger partial charge in [0, 0.05) is 11.1 Å². The lowest BCUT2D eigenvalue weighted by atomic mass is 9.96. The van der Waals surface area contributed by atoms with Crippen molar-refractivity contribution < 1.29 is 14.3 Å². The summed E-state index contributed by atoms with van der Waals surface area (Å²) in [5.74, 6) is -0.420. The SMILES string of the molecule is CC[C@H](C)c1ccc(C(=O)COC(=O)c2ccccc2-c2ccccc2C#N)cc1. The summed E-state index contributed by atoms with van der Waals surface area (Å²) < 4.78 is 5.31. The molecule has 3 rings (SSSR count). The molecule has 0 heterocycles. The van der Waals surface area contributed by atoms with Crippen LogP contribution in [-0.2, 0) is 4.74 Å². The maximum absolute atomic E-state index is 12.7. The van der Waals surface area contributed by atoms with Crippen molar-refractivity contribution in [2.24, 2.45) is 0 Å². The van der Waals surface area contributed by atoms with Gasteiger partial charge in [-0.25, -0.2) is 4.79 Å². The zero-order valence-electron chi connectivity index (χ0n) is 17.1. The van der Waals surface area contributed by atoms with E-state index in [2.05, 4.69) is 19.9 Å². The van der Waals surface area contributed by atoms with Gasteiger partial charge in [-0.1, -0.05) is 74.5 Å². The lowest BCUT2D eigenvalue weighted by Crippen LogP contribution is -2.15. The first-order valence-corrected chi connectivity index (χ1v) is 9.94. The fourth-order valence-electron chi connectivity index (χ4n) is 3.24. The van der Waals surface area contributed by atoms with E-state index in [1.54, 1.807) is 54.6 Å². The van der Waals surface area contributed by atoms with Crippen molar-refractivity contribution >= 4 is 11.8 Å². The van der Waals surface area contributed by atoms with Crippen LogP contribution in [0.4, 0.5) is 0 Å². The quantitative estimate of drug-likeness (QED) is 0.374. The highest BCUT2D eigenvalue weighted by molar-refractivity contribution is 6.01. The highest BCUT2D eigenvalue weighted by atomic mass is 16.5. The molecule has 0 fully saturated rings. The number of hydrogen-bond donors (Lipinski definition) is 0. The van der Waals surface area contributed by atoms with Gasteiger partial charge in [0.05, 0.1) is 17.2 Å². The minimum absolute atomic E-state index is 0.256. The number of hydrogen-bond acceptors (Lipinski definition) is 4. The van der Waals surface area contributed by atoms with Crippen molar-refractivity contribution in [3.05, 3.63) is 95.1 Å². The number of nitrogens with zero attached hydrogens (tertiary/aromatic N) is 1. The Bertz CT molecular complexity index is 1090. The van der Waals surface area contributed by atoms with E-state index in [-0.39, 0.29) is 12.4 Å². The molecule has 4 nitrogen and oxygen atoms in total. The normalized spacial score (nSPS) is 11.4. The molecule has 0 aliphatic rings. The zero-order valence-corrected chi connectivity index (χ0v) is 17.1. The zero-order chi connectivity index (χ0) is 21.5. The Morgan fingerprint density at radius 1 is 0.933 bits per heavy atom. The monoisotopic (exact) mass is 397 g/mol. The van der Waals surface area contributed by atoms with Crippen LogP contribution < -0.4 is 0 Å². The van der Waals surface area contributed by atoms with E-state index in [0.29, 0.717) is 33.7 Å². The van der Waals surface area contributed by atoms with Crippen molar-refractivity contribution in [3.63, 3.8) is 0 Å². The molecule has 0 aliphatic heterocycles. The van der Waals surface area contributed by atoms with E-state index >= 15 is 0 Å². The Kier molecular flexibility index (Phi) is 6.77. The molecular weight excluding hydrogens is 374 g/mol. The predicted octanol–water partition coefficient (Wildman–Crippen LogP) is 5.78. The molecule has 0 unspecified atom stereocenters. The van der Waals surface area contributed by atoms with Crippen LogP contribution in [0, 0.1) is 11.3 Å². The third-order valence-corrected chi connectivity index (χ3v) is 5.23. The average Bonchev–Trinajstić information content (AvgIpc) is 2.81. The van der Waals surface area contributed by atoms with Crippen molar-refractivity contribution in [3.8, 4) is 17.2 Å². The molecule has 0 N–H and O–H groups in total. The number of nitriles is 1. The van der Waals surface area contributed by atoms with E-state index in [1.165, 1.54) is 5.56 Å². The van der Waals surface area contributed by atoms with Crippen LogP contribution in [0.25, 0.3) is 11.1 Å². The van der Waals surface area contributed by atoms with Crippen molar-refractivity contribution in [2.45, 2.75) is 26.2 Å². The molecule has 0 bridgehead atoms. The van der Waals surface area contributed by atoms with Gasteiger partial charge in [-0.3, -0.25) is 4.79 Å². The largest absolute Gasteiger partial charge is 0.454 e. The molecule has 0 aromatic heterocycles. The van der Waals surface area contributed by atoms with Crippen molar-refractivity contribution in [1.82, 2.24) is 0 Å². The van der Waals surface area contributed by atoms with Crippen LogP contribution >= 0.6 is 0 Å². The van der Waals surface area contributed by atoms with Crippen molar-refractivity contribution in [2.75, 3.05) is 6.61 Å². The van der Waals surface area contributed by atoms with Gasteiger partial charge in [0.15, 0.2) is 12.4 Å². The molecule has 1 atom stereocenters. The summed E-state index contributed by atoms with van der Waals surface area (Å²) in [4.78, 5) is 25.2. The maximum atomic E-state index is 12.7. The van der Waals surface area contributed by atoms with Gasteiger partial charge in [0.25, 0.3) is 0 Å². The number of benzene rings is 3. The Hall–Kier alpha value is -3.71. The molecule has 4 heteroatoms. The van der Waals surface area contributed by atoms with Crippen molar-refractivity contribution in [1.29, 1.82) is 5.26 Å². The Labute approximate surface area is 176 Å². The summed E-state index contributed by atoms with van der Waals surface area (Å²) in [7, 11) is 0. The van der Waals surface area contributed by atoms with E-state index in [1.807, 2.05) is 18.2 Å². The standard InChI is InChI=1S/C26H23NO3/c1-3-18(2)19-12-14-20(15-13-19)25(28)17-30-26(29)24-11-7-6-10-23(24)22-9-5-4-8-21(22)16-27/h4-15,18H,3,17H2,1-2H3/t18-/m0/s1. The third kappa shape index (κ3) is 4.64. The highest BCUT2D eigenvalue weighted by Gasteiger charge is 2.17. The van der Waals surface area contributed by atoms with Crippen LogP contribution in [0.15, 0.2) is 72.8 Å². The van der Waals surface area contributed by atoms with Gasteiger partial charge in [0.1, 0.15) is 0 Å². The smallest absolute Gasteiger partial charge is 0.339 e. The van der Waals surface area contributed by atoms with Crippen LogP contribution in [0.5, 0.6) is 0 Å². The molecule has 3 aromatic carbocycles. The molecular formula is C26H23NO3. The number of carbonyl (C=O) groups excluding carboxylic acids is 2. The summed E-state index contributed by atoms with van der Waals surface area (Å²) in [6.07, 6.45) is 1.03. The van der Waals surface area contributed by atoms with Gasteiger partial charge >= 0.3 is 5.97 Å². The van der Waals surface area contributed by atoms with Gasteiger partial charge in [0.2, 0.25) is 0 Å². The topological polar surface area (TPSA) is 67.2 Å². The molecule has 0 amide bonds. The molecule has 0 saturated heterocycles. The lowest BCUT2D eigenvalue weighted by Gasteiger charge is -2.11. The number of carbonyl (C=O) groups is 2. The van der Waals surface area contributed by atoms with E-state index in [9.17, 15) is 14.9 Å². The van der Waals surface area contributed by atoms with E-state index < -0.39 is 5.97 Å². The Balaban J connectivity index is 1.75. The first-order chi connectivity index (χ1) is 14.5. The number of Topliss-reactive ketones (excluding diaryl/α,β-unsaturated/α-hetero) is 1. The molecule has 30 heavy (non-hydrogen) atoms. The fraction of sp³-hybridized carbons (Fsp3) is 0.192. The summed E-state index contributed by atoms with van der Waals surface area (Å²) in [6.45, 7) is 3.92. The summed E-state index contributed by atoms with van der Waals surface area (Å²) in [5, 5.41) is 9.37. The highest BCUT2D eigenvalue weighted by Crippen LogP contribution is 2.27. The maximum Gasteiger partial charge on any atom is 0.339 e. The van der Waals surface area contributed by atoms with Gasteiger partial charge < -0.3 is 4.74 Å². The Morgan fingerprint density at radius 2 is 1.57 bits per heavy atom. The van der Waals surface area contributed by atoms with Crippen LogP contribution in [0.3, 0.4) is 0 Å². The minimum Gasteiger partial charge on any atom is -0.454 e. The Morgan fingerprint density at radius 3 is 2.23 bits per heavy atom. The van der Waals surface area contributed by atoms with Crippen LogP contribution in [-0.4, -0.2) is 18.4 Å². The number of ketones is 1. The molecule has 0 saturated carbocycles. The van der Waals surface area contributed by atoms with Gasteiger partial charge in [-0.05, 0) is 35.6 Å². The average molecular weight is 397 g/mol.